The Morgan fingerprint density at radius 2 is 1.83 bits per heavy atom. The second kappa shape index (κ2) is 6.66. The summed E-state index contributed by atoms with van der Waals surface area (Å²) in [5, 5.41) is 9.80. The second-order valence-corrected chi connectivity index (χ2v) is 4.96. The Labute approximate surface area is 109 Å². The van der Waals surface area contributed by atoms with E-state index in [4.69, 9.17) is 14.2 Å². The van der Waals surface area contributed by atoms with Gasteiger partial charge in [-0.3, -0.25) is 0 Å². The largest absolute Gasteiger partial charge is 0.391 e. The van der Waals surface area contributed by atoms with Gasteiger partial charge in [-0.05, 0) is 13.3 Å². The number of fused-ring (bicyclic) bond motifs is 2. The Kier molecular flexibility index (Phi) is 5.18. The molecule has 5 atom stereocenters. The third-order valence-electron chi connectivity index (χ3n) is 3.51. The zero-order valence-corrected chi connectivity index (χ0v) is 11.2. The van der Waals surface area contributed by atoms with E-state index in [0.29, 0.717) is 13.2 Å². The van der Waals surface area contributed by atoms with Crippen LogP contribution in [0.1, 0.15) is 33.1 Å². The fraction of sp³-hybridized carbons (Fsp3) is 0.857. The molecule has 0 saturated carbocycles. The van der Waals surface area contributed by atoms with Gasteiger partial charge in [0.15, 0.2) is 0 Å². The SMILES string of the molecule is CCCCC(O)COC1C2C=CC(O2)C1OCC. The standard InChI is InChI=1S/C14H24O4/c1-3-5-6-10(15)9-17-14-12-8-7-11(18-12)13(14)16-4-2/h7-8,10-15H,3-6,9H2,1-2H3. The molecule has 2 bridgehead atoms. The number of ether oxygens (including phenoxy) is 3. The first-order valence-electron chi connectivity index (χ1n) is 7.01. The van der Waals surface area contributed by atoms with Crippen LogP contribution in [0.25, 0.3) is 0 Å². The average molecular weight is 256 g/mol. The lowest BCUT2D eigenvalue weighted by molar-refractivity contribution is -0.0809. The molecule has 5 unspecified atom stereocenters. The minimum Gasteiger partial charge on any atom is -0.391 e. The monoisotopic (exact) mass is 256 g/mol. The number of hydrogen-bond donors (Lipinski definition) is 1. The van der Waals surface area contributed by atoms with Crippen molar-refractivity contribution < 1.29 is 19.3 Å². The molecule has 18 heavy (non-hydrogen) atoms. The first-order valence-corrected chi connectivity index (χ1v) is 7.01. The van der Waals surface area contributed by atoms with Crippen molar-refractivity contribution in [3.63, 3.8) is 0 Å². The summed E-state index contributed by atoms with van der Waals surface area (Å²) in [6.45, 7) is 5.12. The molecule has 2 rings (SSSR count). The van der Waals surface area contributed by atoms with Crippen molar-refractivity contribution >= 4 is 0 Å². The highest BCUT2D eigenvalue weighted by Gasteiger charge is 2.47. The molecule has 4 heteroatoms. The number of aliphatic hydroxyl groups excluding tert-OH is 1. The molecule has 0 aromatic rings. The lowest BCUT2D eigenvalue weighted by Gasteiger charge is -2.26. The van der Waals surface area contributed by atoms with Gasteiger partial charge in [0.2, 0.25) is 0 Å². The molecule has 1 N–H and O–H groups in total. The number of hydrogen-bond acceptors (Lipinski definition) is 4. The van der Waals surface area contributed by atoms with Gasteiger partial charge in [0.05, 0.1) is 12.7 Å². The van der Waals surface area contributed by atoms with Crippen LogP contribution in [-0.4, -0.2) is 48.8 Å². The third kappa shape index (κ3) is 3.12. The van der Waals surface area contributed by atoms with Crippen LogP contribution in [0.2, 0.25) is 0 Å². The van der Waals surface area contributed by atoms with Crippen molar-refractivity contribution in [3.8, 4) is 0 Å². The Morgan fingerprint density at radius 1 is 1.17 bits per heavy atom. The summed E-state index contributed by atoms with van der Waals surface area (Å²) >= 11 is 0. The van der Waals surface area contributed by atoms with Crippen LogP contribution in [0.4, 0.5) is 0 Å². The van der Waals surface area contributed by atoms with E-state index < -0.39 is 0 Å². The number of aliphatic hydroxyl groups is 1. The smallest absolute Gasteiger partial charge is 0.116 e. The first kappa shape index (κ1) is 14.0. The van der Waals surface area contributed by atoms with E-state index >= 15 is 0 Å². The summed E-state index contributed by atoms with van der Waals surface area (Å²) < 4.78 is 17.2. The molecule has 0 spiro atoms. The summed E-state index contributed by atoms with van der Waals surface area (Å²) in [6, 6.07) is 0. The van der Waals surface area contributed by atoms with E-state index in [0.717, 1.165) is 19.3 Å². The molecule has 2 aliphatic heterocycles. The van der Waals surface area contributed by atoms with Gasteiger partial charge in [0.1, 0.15) is 24.4 Å². The summed E-state index contributed by atoms with van der Waals surface area (Å²) in [4.78, 5) is 0. The van der Waals surface area contributed by atoms with Gasteiger partial charge < -0.3 is 19.3 Å². The molecule has 2 aliphatic rings. The highest BCUT2D eigenvalue weighted by atomic mass is 16.6. The summed E-state index contributed by atoms with van der Waals surface area (Å²) in [5.74, 6) is 0. The van der Waals surface area contributed by atoms with Crippen molar-refractivity contribution in [2.45, 2.75) is 63.6 Å². The van der Waals surface area contributed by atoms with E-state index in [9.17, 15) is 5.11 Å². The van der Waals surface area contributed by atoms with E-state index in [2.05, 4.69) is 6.92 Å². The van der Waals surface area contributed by atoms with Gasteiger partial charge in [0, 0.05) is 6.61 Å². The molecule has 1 fully saturated rings. The molecule has 0 aromatic heterocycles. The molecule has 0 radical (unpaired) electrons. The maximum Gasteiger partial charge on any atom is 0.116 e. The highest BCUT2D eigenvalue weighted by Crippen LogP contribution is 2.33. The predicted octanol–water partition coefficient (Wildman–Crippen LogP) is 1.67. The second-order valence-electron chi connectivity index (χ2n) is 4.96. The fourth-order valence-corrected chi connectivity index (χ4v) is 2.56. The minimum atomic E-state index is -0.379. The molecular formula is C14H24O4. The zero-order chi connectivity index (χ0) is 13.0. The molecule has 1 saturated heterocycles. The Hall–Kier alpha value is -0.420. The van der Waals surface area contributed by atoms with Crippen LogP contribution in [0.3, 0.4) is 0 Å². The molecular weight excluding hydrogens is 232 g/mol. The third-order valence-corrected chi connectivity index (χ3v) is 3.51. The molecule has 2 heterocycles. The Bertz CT molecular complexity index is 279. The van der Waals surface area contributed by atoms with Crippen LogP contribution in [-0.2, 0) is 14.2 Å². The summed E-state index contributed by atoms with van der Waals surface area (Å²) in [6.07, 6.45) is 6.53. The molecule has 0 amide bonds. The topological polar surface area (TPSA) is 47.9 Å². The van der Waals surface area contributed by atoms with Crippen LogP contribution in [0.15, 0.2) is 12.2 Å². The molecule has 0 aliphatic carbocycles. The van der Waals surface area contributed by atoms with Crippen LogP contribution in [0, 0.1) is 0 Å². The molecule has 4 nitrogen and oxygen atoms in total. The van der Waals surface area contributed by atoms with Crippen molar-refractivity contribution in [1.82, 2.24) is 0 Å². The fourth-order valence-electron chi connectivity index (χ4n) is 2.56. The quantitative estimate of drug-likeness (QED) is 0.671. The summed E-state index contributed by atoms with van der Waals surface area (Å²) in [7, 11) is 0. The average Bonchev–Trinajstić information content (AvgIpc) is 2.95. The maximum absolute atomic E-state index is 9.80. The van der Waals surface area contributed by atoms with Crippen molar-refractivity contribution in [1.29, 1.82) is 0 Å². The number of unbranched alkanes of at least 4 members (excludes halogenated alkanes) is 1. The Balaban J connectivity index is 1.79. The van der Waals surface area contributed by atoms with Crippen LogP contribution < -0.4 is 0 Å². The van der Waals surface area contributed by atoms with Crippen molar-refractivity contribution in [2.75, 3.05) is 13.2 Å². The van der Waals surface area contributed by atoms with Gasteiger partial charge in [0.25, 0.3) is 0 Å². The summed E-state index contributed by atoms with van der Waals surface area (Å²) in [5.41, 5.74) is 0. The van der Waals surface area contributed by atoms with Crippen molar-refractivity contribution in [2.24, 2.45) is 0 Å². The number of rotatable bonds is 8. The zero-order valence-electron chi connectivity index (χ0n) is 11.2. The van der Waals surface area contributed by atoms with Crippen molar-refractivity contribution in [3.05, 3.63) is 12.2 Å². The maximum atomic E-state index is 9.80. The normalized spacial score (nSPS) is 35.3. The van der Waals surface area contributed by atoms with Gasteiger partial charge >= 0.3 is 0 Å². The molecule has 104 valence electrons. The predicted molar refractivity (Wildman–Crippen MR) is 68.5 cm³/mol. The van der Waals surface area contributed by atoms with E-state index in [-0.39, 0.29) is 30.5 Å². The lowest BCUT2D eigenvalue weighted by atomic mass is 10.0. The van der Waals surface area contributed by atoms with E-state index in [1.54, 1.807) is 0 Å². The van der Waals surface area contributed by atoms with Gasteiger partial charge in [-0.25, -0.2) is 0 Å². The van der Waals surface area contributed by atoms with Gasteiger partial charge in [-0.15, -0.1) is 0 Å². The van der Waals surface area contributed by atoms with E-state index in [1.807, 2.05) is 19.1 Å². The first-order chi connectivity index (χ1) is 8.76. The van der Waals surface area contributed by atoms with Crippen LogP contribution in [0.5, 0.6) is 0 Å². The highest BCUT2D eigenvalue weighted by molar-refractivity contribution is 5.16. The van der Waals surface area contributed by atoms with E-state index in [1.165, 1.54) is 0 Å². The molecule has 0 aromatic carbocycles. The Morgan fingerprint density at radius 3 is 2.44 bits per heavy atom. The van der Waals surface area contributed by atoms with Crippen LogP contribution >= 0.6 is 0 Å². The minimum absolute atomic E-state index is 0.00933. The lowest BCUT2D eigenvalue weighted by Crippen LogP contribution is -2.40. The van der Waals surface area contributed by atoms with Gasteiger partial charge in [-0.1, -0.05) is 31.9 Å². The van der Waals surface area contributed by atoms with Gasteiger partial charge in [-0.2, -0.15) is 0 Å².